The molecule has 0 aliphatic rings. The predicted molar refractivity (Wildman–Crippen MR) is 94.9 cm³/mol. The Morgan fingerprint density at radius 2 is 2.08 bits per heavy atom. The van der Waals surface area contributed by atoms with Gasteiger partial charge in [-0.05, 0) is 43.2 Å². The fraction of sp³-hybridized carbons (Fsp3) is 0.263. The number of imidazole rings is 1. The molecular weight excluding hydrogens is 300 g/mol. The number of fused-ring (bicyclic) bond motifs is 1. The van der Waals surface area contributed by atoms with Crippen LogP contribution in [0.3, 0.4) is 0 Å². The number of nitrogens with one attached hydrogen (secondary N) is 2. The van der Waals surface area contributed by atoms with Crippen LogP contribution in [0, 0.1) is 6.92 Å². The van der Waals surface area contributed by atoms with Crippen LogP contribution in [-0.4, -0.2) is 21.8 Å². The van der Waals surface area contributed by atoms with E-state index in [1.807, 2.05) is 49.6 Å². The second-order valence-corrected chi connectivity index (χ2v) is 5.80. The van der Waals surface area contributed by atoms with Crippen LogP contribution >= 0.6 is 0 Å². The fourth-order valence-corrected chi connectivity index (χ4v) is 2.75. The molecule has 0 spiro atoms. The molecule has 24 heavy (non-hydrogen) atoms. The van der Waals surface area contributed by atoms with Gasteiger partial charge in [0, 0.05) is 31.4 Å². The van der Waals surface area contributed by atoms with Crippen molar-refractivity contribution in [1.29, 1.82) is 0 Å². The second kappa shape index (κ2) is 7.27. The number of aryl methyl sites for hydroxylation is 1. The van der Waals surface area contributed by atoms with Gasteiger partial charge in [0.05, 0.1) is 11.9 Å². The highest BCUT2D eigenvalue weighted by molar-refractivity contribution is 5.94. The van der Waals surface area contributed by atoms with Gasteiger partial charge >= 0.3 is 0 Å². The third kappa shape index (κ3) is 3.46. The number of aromatic nitrogens is 2. The van der Waals surface area contributed by atoms with Crippen molar-refractivity contribution in [3.63, 3.8) is 0 Å². The molecule has 2 N–H and O–H groups in total. The van der Waals surface area contributed by atoms with Crippen LogP contribution in [0.2, 0.25) is 0 Å². The molecule has 1 amide bonds. The number of carbonyl (C=O) groups excluding carboxylic acids is 1. The fourth-order valence-electron chi connectivity index (χ4n) is 2.75. The Balaban J connectivity index is 1.65. The zero-order valence-corrected chi connectivity index (χ0v) is 14.0. The molecule has 5 heteroatoms. The number of pyridine rings is 1. The highest BCUT2D eigenvalue weighted by Crippen LogP contribution is 2.11. The first kappa shape index (κ1) is 16.2. The monoisotopic (exact) mass is 322 g/mol. The summed E-state index contributed by atoms with van der Waals surface area (Å²) in [7, 11) is 0. The second-order valence-electron chi connectivity index (χ2n) is 5.80. The van der Waals surface area contributed by atoms with Crippen molar-refractivity contribution in [3.8, 4) is 0 Å². The normalized spacial score (nSPS) is 10.9. The van der Waals surface area contributed by atoms with Crippen molar-refractivity contribution >= 4 is 11.6 Å². The van der Waals surface area contributed by atoms with E-state index in [2.05, 4.69) is 33.0 Å². The Morgan fingerprint density at radius 3 is 2.92 bits per heavy atom. The summed E-state index contributed by atoms with van der Waals surface area (Å²) >= 11 is 0. The smallest absolute Gasteiger partial charge is 0.251 e. The minimum absolute atomic E-state index is 0.0309. The number of amides is 1. The SMILES string of the molecule is CCNC(=O)c1cccc(CNCc2cnc3c(C)cccn23)c1. The predicted octanol–water partition coefficient (Wildman–Crippen LogP) is 2.68. The van der Waals surface area contributed by atoms with Crippen molar-refractivity contribution in [2.45, 2.75) is 26.9 Å². The third-order valence-corrected chi connectivity index (χ3v) is 3.97. The molecule has 0 aliphatic heterocycles. The zero-order valence-electron chi connectivity index (χ0n) is 14.0. The van der Waals surface area contributed by atoms with Gasteiger partial charge in [-0.2, -0.15) is 0 Å². The van der Waals surface area contributed by atoms with Gasteiger partial charge in [0.1, 0.15) is 5.65 Å². The molecule has 0 saturated heterocycles. The highest BCUT2D eigenvalue weighted by atomic mass is 16.1. The molecule has 2 aromatic heterocycles. The summed E-state index contributed by atoms with van der Waals surface area (Å²) < 4.78 is 2.10. The minimum Gasteiger partial charge on any atom is -0.352 e. The number of rotatable bonds is 6. The van der Waals surface area contributed by atoms with Crippen molar-refractivity contribution in [3.05, 3.63) is 71.2 Å². The molecule has 0 atom stereocenters. The van der Waals surface area contributed by atoms with Gasteiger partial charge in [0.2, 0.25) is 0 Å². The maximum absolute atomic E-state index is 11.9. The maximum Gasteiger partial charge on any atom is 0.251 e. The molecule has 1 aromatic carbocycles. The Bertz CT molecular complexity index is 853. The Morgan fingerprint density at radius 1 is 1.21 bits per heavy atom. The lowest BCUT2D eigenvalue weighted by Crippen LogP contribution is -2.23. The van der Waals surface area contributed by atoms with Gasteiger partial charge in [-0.3, -0.25) is 4.79 Å². The van der Waals surface area contributed by atoms with Crippen LogP contribution in [0.1, 0.15) is 34.1 Å². The number of nitrogens with zero attached hydrogens (tertiary/aromatic N) is 2. The lowest BCUT2D eigenvalue weighted by atomic mass is 10.1. The highest BCUT2D eigenvalue weighted by Gasteiger charge is 2.06. The van der Waals surface area contributed by atoms with Gasteiger partial charge in [-0.15, -0.1) is 0 Å². The van der Waals surface area contributed by atoms with Crippen LogP contribution in [0.25, 0.3) is 5.65 Å². The van der Waals surface area contributed by atoms with Gasteiger partial charge in [0.25, 0.3) is 5.91 Å². The molecule has 0 saturated carbocycles. The number of benzene rings is 1. The average molecular weight is 322 g/mol. The van der Waals surface area contributed by atoms with E-state index in [4.69, 9.17) is 0 Å². The van der Waals surface area contributed by atoms with E-state index in [0.29, 0.717) is 18.7 Å². The van der Waals surface area contributed by atoms with Crippen LogP contribution in [-0.2, 0) is 13.1 Å². The standard InChI is InChI=1S/C19H22N4O/c1-3-21-19(24)16-8-4-7-15(10-16)11-20-12-17-13-22-18-14(2)6-5-9-23(17)18/h4-10,13,20H,3,11-12H2,1-2H3,(H,21,24). The van der Waals surface area contributed by atoms with Crippen molar-refractivity contribution in [2.75, 3.05) is 6.54 Å². The summed E-state index contributed by atoms with van der Waals surface area (Å²) in [5, 5.41) is 6.24. The summed E-state index contributed by atoms with van der Waals surface area (Å²) in [4.78, 5) is 16.4. The van der Waals surface area contributed by atoms with E-state index in [1.54, 1.807) is 0 Å². The van der Waals surface area contributed by atoms with E-state index < -0.39 is 0 Å². The number of hydrogen-bond donors (Lipinski definition) is 2. The van der Waals surface area contributed by atoms with Crippen LogP contribution in [0.5, 0.6) is 0 Å². The minimum atomic E-state index is -0.0309. The lowest BCUT2D eigenvalue weighted by Gasteiger charge is -2.08. The number of carbonyl (C=O) groups is 1. The first-order valence-corrected chi connectivity index (χ1v) is 8.18. The van der Waals surface area contributed by atoms with E-state index in [9.17, 15) is 4.79 Å². The zero-order chi connectivity index (χ0) is 16.9. The Kier molecular flexibility index (Phi) is 4.91. The summed E-state index contributed by atoms with van der Waals surface area (Å²) in [6.45, 7) is 6.03. The van der Waals surface area contributed by atoms with Crippen LogP contribution in [0.15, 0.2) is 48.8 Å². The molecule has 0 aliphatic carbocycles. The Hall–Kier alpha value is -2.66. The first-order chi connectivity index (χ1) is 11.7. The molecule has 3 rings (SSSR count). The largest absolute Gasteiger partial charge is 0.352 e. The average Bonchev–Trinajstić information content (AvgIpc) is 3.00. The molecule has 3 aromatic rings. The quantitative estimate of drug-likeness (QED) is 0.733. The summed E-state index contributed by atoms with van der Waals surface area (Å²) in [5.74, 6) is -0.0309. The maximum atomic E-state index is 11.9. The van der Waals surface area contributed by atoms with E-state index in [-0.39, 0.29) is 5.91 Å². The third-order valence-electron chi connectivity index (χ3n) is 3.97. The van der Waals surface area contributed by atoms with Crippen molar-refractivity contribution in [2.24, 2.45) is 0 Å². The summed E-state index contributed by atoms with van der Waals surface area (Å²) in [6, 6.07) is 11.8. The first-order valence-electron chi connectivity index (χ1n) is 8.18. The molecule has 0 radical (unpaired) electrons. The summed E-state index contributed by atoms with van der Waals surface area (Å²) in [6.07, 6.45) is 3.93. The number of hydrogen-bond acceptors (Lipinski definition) is 3. The topological polar surface area (TPSA) is 58.4 Å². The summed E-state index contributed by atoms with van der Waals surface area (Å²) in [5.41, 5.74) is 5.06. The van der Waals surface area contributed by atoms with Crippen LogP contribution in [0.4, 0.5) is 0 Å². The van der Waals surface area contributed by atoms with E-state index in [1.165, 1.54) is 5.56 Å². The molecule has 0 bridgehead atoms. The van der Waals surface area contributed by atoms with Crippen LogP contribution < -0.4 is 10.6 Å². The van der Waals surface area contributed by atoms with Gasteiger partial charge < -0.3 is 15.0 Å². The molecule has 124 valence electrons. The van der Waals surface area contributed by atoms with Gasteiger partial charge in [-0.25, -0.2) is 4.98 Å². The van der Waals surface area contributed by atoms with E-state index >= 15 is 0 Å². The molecule has 2 heterocycles. The molecular formula is C19H22N4O. The molecule has 5 nitrogen and oxygen atoms in total. The van der Waals surface area contributed by atoms with Crippen molar-refractivity contribution < 1.29 is 4.79 Å². The Labute approximate surface area is 141 Å². The van der Waals surface area contributed by atoms with E-state index in [0.717, 1.165) is 23.4 Å². The van der Waals surface area contributed by atoms with Gasteiger partial charge in [-0.1, -0.05) is 18.2 Å². The van der Waals surface area contributed by atoms with Gasteiger partial charge in [0.15, 0.2) is 0 Å². The molecule has 0 fully saturated rings. The van der Waals surface area contributed by atoms with Crippen molar-refractivity contribution in [1.82, 2.24) is 20.0 Å². The molecule has 0 unspecified atom stereocenters. The lowest BCUT2D eigenvalue weighted by molar-refractivity contribution is 0.0955.